The second kappa shape index (κ2) is 4.22. The summed E-state index contributed by atoms with van der Waals surface area (Å²) in [6.07, 6.45) is 8.80. The van der Waals surface area contributed by atoms with E-state index in [1.165, 1.54) is 0 Å². The number of rotatable bonds is 1. The summed E-state index contributed by atoms with van der Waals surface area (Å²) < 4.78 is 5.36. The molecule has 0 amide bonds. The highest BCUT2D eigenvalue weighted by Crippen LogP contribution is 2.42. The van der Waals surface area contributed by atoms with Crippen LogP contribution in [-0.2, 0) is 6.42 Å². The lowest BCUT2D eigenvalue weighted by molar-refractivity contribution is 0.377. The minimum atomic E-state index is 0.228. The predicted molar refractivity (Wildman–Crippen MR) is 74.0 cm³/mol. The van der Waals surface area contributed by atoms with Crippen molar-refractivity contribution < 1.29 is 9.84 Å². The molecular weight excluding hydrogens is 224 g/mol. The third kappa shape index (κ3) is 1.50. The number of fused-ring (bicyclic) bond motifs is 3. The molecule has 0 heterocycles. The van der Waals surface area contributed by atoms with Gasteiger partial charge in [-0.3, -0.25) is 0 Å². The van der Waals surface area contributed by atoms with Crippen LogP contribution in [-0.4, -0.2) is 12.2 Å². The van der Waals surface area contributed by atoms with Crippen LogP contribution < -0.4 is 4.74 Å². The van der Waals surface area contributed by atoms with Crippen LogP contribution in [0.3, 0.4) is 0 Å². The Balaban J connectivity index is 2.47. The summed E-state index contributed by atoms with van der Waals surface area (Å²) in [5.41, 5.74) is 2.00. The molecule has 3 rings (SSSR count). The molecule has 2 heteroatoms. The van der Waals surface area contributed by atoms with Crippen LogP contribution in [0.5, 0.6) is 11.5 Å². The topological polar surface area (TPSA) is 29.5 Å². The zero-order valence-electron chi connectivity index (χ0n) is 10.2. The molecule has 0 unspecified atom stereocenters. The van der Waals surface area contributed by atoms with Crippen LogP contribution in [0.2, 0.25) is 0 Å². The van der Waals surface area contributed by atoms with Gasteiger partial charge in [-0.15, -0.1) is 0 Å². The summed E-state index contributed by atoms with van der Waals surface area (Å²) in [7, 11) is 1.59. The Morgan fingerprint density at radius 1 is 1.11 bits per heavy atom. The number of allylic oxidation sites excluding steroid dienone is 3. The average molecular weight is 238 g/mol. The lowest BCUT2D eigenvalue weighted by Crippen LogP contribution is -1.95. The first-order valence-electron chi connectivity index (χ1n) is 5.96. The molecule has 0 spiro atoms. The molecule has 0 saturated heterocycles. The Bertz CT molecular complexity index is 666. The highest BCUT2D eigenvalue weighted by molar-refractivity contribution is 5.97. The molecule has 90 valence electrons. The van der Waals surface area contributed by atoms with Crippen molar-refractivity contribution in [1.29, 1.82) is 0 Å². The van der Waals surface area contributed by atoms with E-state index in [2.05, 4.69) is 12.1 Å². The quantitative estimate of drug-likeness (QED) is 0.821. The maximum absolute atomic E-state index is 10.4. The van der Waals surface area contributed by atoms with E-state index in [1.54, 1.807) is 7.11 Å². The van der Waals surface area contributed by atoms with Crippen molar-refractivity contribution in [2.45, 2.75) is 6.42 Å². The summed E-state index contributed by atoms with van der Waals surface area (Å²) in [5.74, 6) is 0.780. The molecule has 2 aromatic carbocycles. The summed E-state index contributed by atoms with van der Waals surface area (Å²) in [6.45, 7) is 0. The normalized spacial score (nSPS) is 13.4. The maximum atomic E-state index is 10.4. The number of phenols is 1. The summed E-state index contributed by atoms with van der Waals surface area (Å²) in [6, 6.07) is 8.02. The molecule has 0 fully saturated rings. The first kappa shape index (κ1) is 10.9. The number of hydrogen-bond acceptors (Lipinski definition) is 2. The van der Waals surface area contributed by atoms with Gasteiger partial charge in [0.1, 0.15) is 0 Å². The fourth-order valence-corrected chi connectivity index (χ4v) is 2.50. The lowest BCUT2D eigenvalue weighted by Gasteiger charge is -2.15. The Kier molecular flexibility index (Phi) is 2.56. The van der Waals surface area contributed by atoms with Crippen molar-refractivity contribution in [3.8, 4) is 11.5 Å². The fourth-order valence-electron chi connectivity index (χ4n) is 2.50. The first-order chi connectivity index (χ1) is 8.83. The Morgan fingerprint density at radius 2 is 1.89 bits per heavy atom. The fraction of sp³-hybridized carbons (Fsp3) is 0.125. The van der Waals surface area contributed by atoms with Gasteiger partial charge >= 0.3 is 0 Å². The van der Waals surface area contributed by atoms with Gasteiger partial charge in [-0.25, -0.2) is 0 Å². The van der Waals surface area contributed by atoms with Crippen molar-refractivity contribution in [3.05, 3.63) is 53.6 Å². The van der Waals surface area contributed by atoms with Gasteiger partial charge in [0.25, 0.3) is 0 Å². The van der Waals surface area contributed by atoms with Crippen molar-refractivity contribution in [1.82, 2.24) is 0 Å². The smallest absolute Gasteiger partial charge is 0.168 e. The number of benzene rings is 2. The van der Waals surface area contributed by atoms with Gasteiger partial charge in [0, 0.05) is 10.9 Å². The Hall–Kier alpha value is -2.22. The minimum Gasteiger partial charge on any atom is -0.504 e. The first-order valence-corrected chi connectivity index (χ1v) is 5.96. The van der Waals surface area contributed by atoms with Crippen LogP contribution in [0.25, 0.3) is 16.8 Å². The van der Waals surface area contributed by atoms with E-state index in [4.69, 9.17) is 4.74 Å². The van der Waals surface area contributed by atoms with Crippen LogP contribution >= 0.6 is 0 Å². The zero-order valence-corrected chi connectivity index (χ0v) is 10.2. The van der Waals surface area contributed by atoms with Gasteiger partial charge in [-0.2, -0.15) is 0 Å². The minimum absolute atomic E-state index is 0.228. The number of hydrogen-bond donors (Lipinski definition) is 1. The molecule has 0 radical (unpaired) electrons. The van der Waals surface area contributed by atoms with Crippen LogP contribution in [0.4, 0.5) is 0 Å². The van der Waals surface area contributed by atoms with Crippen LogP contribution in [0.1, 0.15) is 11.1 Å². The SMILES string of the molecule is COc1c(O)c2c(c3ccccc13)CC=CC=C2. The molecule has 1 aliphatic carbocycles. The van der Waals surface area contributed by atoms with Crippen molar-refractivity contribution in [2.75, 3.05) is 7.11 Å². The van der Waals surface area contributed by atoms with E-state index in [-0.39, 0.29) is 5.75 Å². The summed E-state index contributed by atoms with van der Waals surface area (Å²) in [5, 5.41) is 12.4. The standard InChI is InChI=1S/C16H14O2/c1-18-16-14-10-6-5-8-12(14)11-7-3-2-4-9-13(11)15(16)17/h2-6,8-10,17H,7H2,1H3. The molecule has 0 atom stereocenters. The number of aromatic hydroxyl groups is 1. The van der Waals surface area contributed by atoms with Crippen LogP contribution in [0, 0.1) is 0 Å². The Labute approximate surface area is 106 Å². The molecule has 0 aromatic heterocycles. The van der Waals surface area contributed by atoms with E-state index in [9.17, 15) is 5.11 Å². The second-order valence-corrected chi connectivity index (χ2v) is 4.31. The summed E-state index contributed by atoms with van der Waals surface area (Å²) in [4.78, 5) is 0. The van der Waals surface area contributed by atoms with Gasteiger partial charge in [0.2, 0.25) is 0 Å². The largest absolute Gasteiger partial charge is 0.504 e. The third-order valence-electron chi connectivity index (χ3n) is 3.33. The Morgan fingerprint density at radius 3 is 2.67 bits per heavy atom. The van der Waals surface area contributed by atoms with E-state index >= 15 is 0 Å². The van der Waals surface area contributed by atoms with Gasteiger partial charge < -0.3 is 9.84 Å². The number of ether oxygens (including phenoxy) is 1. The van der Waals surface area contributed by atoms with Gasteiger partial charge in [0.15, 0.2) is 11.5 Å². The average Bonchev–Trinajstić information content (AvgIpc) is 2.65. The highest BCUT2D eigenvalue weighted by atomic mass is 16.5. The second-order valence-electron chi connectivity index (χ2n) is 4.31. The van der Waals surface area contributed by atoms with E-state index in [0.29, 0.717) is 5.75 Å². The van der Waals surface area contributed by atoms with Crippen molar-refractivity contribution in [2.24, 2.45) is 0 Å². The van der Waals surface area contributed by atoms with Gasteiger partial charge in [-0.1, -0.05) is 48.6 Å². The monoisotopic (exact) mass is 238 g/mol. The van der Waals surface area contributed by atoms with E-state index < -0.39 is 0 Å². The predicted octanol–water partition coefficient (Wildman–Crippen LogP) is 3.68. The zero-order chi connectivity index (χ0) is 12.5. The van der Waals surface area contributed by atoms with Gasteiger partial charge in [0.05, 0.1) is 7.11 Å². The maximum Gasteiger partial charge on any atom is 0.168 e. The van der Waals surface area contributed by atoms with Crippen molar-refractivity contribution in [3.63, 3.8) is 0 Å². The lowest BCUT2D eigenvalue weighted by atomic mass is 9.95. The third-order valence-corrected chi connectivity index (χ3v) is 3.33. The number of phenolic OH excluding ortho intramolecular Hbond substituents is 1. The molecular formula is C16H14O2. The molecule has 0 saturated carbocycles. The van der Waals surface area contributed by atoms with Crippen LogP contribution in [0.15, 0.2) is 42.5 Å². The van der Waals surface area contributed by atoms with E-state index in [1.807, 2.05) is 36.4 Å². The van der Waals surface area contributed by atoms with E-state index in [0.717, 1.165) is 28.3 Å². The van der Waals surface area contributed by atoms with Gasteiger partial charge in [-0.05, 0) is 17.4 Å². The molecule has 2 aromatic rings. The summed E-state index contributed by atoms with van der Waals surface area (Å²) >= 11 is 0. The molecule has 2 nitrogen and oxygen atoms in total. The highest BCUT2D eigenvalue weighted by Gasteiger charge is 2.17. The number of methoxy groups -OCH3 is 1. The van der Waals surface area contributed by atoms with Crippen molar-refractivity contribution >= 4 is 16.8 Å². The molecule has 1 aliphatic rings. The molecule has 1 N–H and O–H groups in total. The molecule has 18 heavy (non-hydrogen) atoms. The molecule has 0 aliphatic heterocycles. The molecule has 0 bridgehead atoms.